The van der Waals surface area contributed by atoms with Gasteiger partial charge in [0.15, 0.2) is 0 Å². The Morgan fingerprint density at radius 2 is 2.30 bits per heavy atom. The van der Waals surface area contributed by atoms with Gasteiger partial charge in [0, 0.05) is 17.1 Å². The van der Waals surface area contributed by atoms with Crippen molar-refractivity contribution < 1.29 is 9.18 Å². The third kappa shape index (κ3) is 3.45. The van der Waals surface area contributed by atoms with Gasteiger partial charge in [0.2, 0.25) is 0 Å². The van der Waals surface area contributed by atoms with Gasteiger partial charge in [0.1, 0.15) is 11.7 Å². The molecule has 1 aliphatic carbocycles. The van der Waals surface area contributed by atoms with E-state index in [1.807, 2.05) is 17.5 Å². The zero-order chi connectivity index (χ0) is 16.3. The maximum Gasteiger partial charge on any atom is 0.259 e. The molecule has 0 radical (unpaired) electrons. The van der Waals surface area contributed by atoms with Gasteiger partial charge in [0.05, 0.1) is 23.5 Å². The number of pyridine rings is 1. The second kappa shape index (κ2) is 6.29. The molecule has 0 unspecified atom stereocenters. The van der Waals surface area contributed by atoms with E-state index in [1.54, 1.807) is 11.3 Å². The van der Waals surface area contributed by atoms with Crippen LogP contribution in [0.15, 0.2) is 53.2 Å². The van der Waals surface area contributed by atoms with E-state index in [0.29, 0.717) is 5.69 Å². The molecule has 7 heteroatoms. The summed E-state index contributed by atoms with van der Waals surface area (Å²) in [6.45, 7) is 0. The number of aliphatic imine (C=N–C) groups is 1. The first kappa shape index (κ1) is 15.4. The third-order valence-corrected chi connectivity index (χ3v) is 4.67. The van der Waals surface area contributed by atoms with E-state index in [1.165, 1.54) is 24.5 Å². The van der Waals surface area contributed by atoms with Crippen LogP contribution < -0.4 is 11.1 Å². The minimum Gasteiger partial charge on any atom is -0.384 e. The number of thiophene rings is 1. The molecule has 5 nitrogen and oxygen atoms in total. The zero-order valence-electron chi connectivity index (χ0n) is 12.2. The van der Waals surface area contributed by atoms with Crippen LogP contribution in [0.1, 0.15) is 17.7 Å². The lowest BCUT2D eigenvalue weighted by Gasteiger charge is -2.07. The minimum absolute atomic E-state index is 0.106. The number of carbonyl (C=O) groups excluding carboxylic acids is 1. The summed E-state index contributed by atoms with van der Waals surface area (Å²) in [6, 6.07) is 5.18. The topological polar surface area (TPSA) is 80.4 Å². The highest BCUT2D eigenvalue weighted by Gasteiger charge is 2.52. The molecule has 3 N–H and O–H groups in total. The molecular formula is C16H15FN4OS. The van der Waals surface area contributed by atoms with Gasteiger partial charge in [0.25, 0.3) is 5.91 Å². The molecule has 2 aromatic heterocycles. The number of hydrogen-bond donors (Lipinski definition) is 2. The van der Waals surface area contributed by atoms with Crippen LogP contribution in [-0.4, -0.2) is 16.7 Å². The molecule has 118 valence electrons. The first-order valence-corrected chi connectivity index (χ1v) is 7.94. The van der Waals surface area contributed by atoms with Gasteiger partial charge < -0.3 is 11.1 Å². The van der Waals surface area contributed by atoms with Crippen molar-refractivity contribution in [1.82, 2.24) is 4.98 Å². The van der Waals surface area contributed by atoms with Crippen molar-refractivity contribution in [3.63, 3.8) is 0 Å². The van der Waals surface area contributed by atoms with E-state index >= 15 is 0 Å². The van der Waals surface area contributed by atoms with Crippen molar-refractivity contribution >= 4 is 28.8 Å². The standard InChI is InChI=1S/C16H15FN4OS/c17-11-8-12(10-19-9-11)20-6-3-14(18)21-15(22)16(4-5-16)13-2-1-7-23-13/h1-3,6-10,20H,4-5H2,(H2,18,21,22)/b6-3-. The third-order valence-electron chi connectivity index (χ3n) is 3.59. The first-order chi connectivity index (χ1) is 11.1. The van der Waals surface area contributed by atoms with Gasteiger partial charge in [-0.15, -0.1) is 11.3 Å². The minimum atomic E-state index is -0.480. The van der Waals surface area contributed by atoms with E-state index in [-0.39, 0.29) is 11.7 Å². The maximum absolute atomic E-state index is 13.0. The van der Waals surface area contributed by atoms with E-state index < -0.39 is 11.2 Å². The molecule has 3 rings (SSSR count). The van der Waals surface area contributed by atoms with Crippen molar-refractivity contribution in [3.05, 3.63) is 58.9 Å². The van der Waals surface area contributed by atoms with Crippen LogP contribution in [0.5, 0.6) is 0 Å². The smallest absolute Gasteiger partial charge is 0.259 e. The molecule has 0 aliphatic heterocycles. The lowest BCUT2D eigenvalue weighted by atomic mass is 10.0. The Bertz CT molecular complexity index is 766. The summed E-state index contributed by atoms with van der Waals surface area (Å²) >= 11 is 1.56. The molecule has 0 atom stereocenters. The number of rotatable bonds is 5. The van der Waals surface area contributed by atoms with E-state index in [4.69, 9.17) is 5.73 Å². The molecule has 0 bridgehead atoms. The molecule has 2 aromatic rings. The molecule has 0 spiro atoms. The molecule has 1 saturated carbocycles. The van der Waals surface area contributed by atoms with E-state index in [0.717, 1.165) is 23.9 Å². The normalized spacial score (nSPS) is 16.5. The van der Waals surface area contributed by atoms with Crippen molar-refractivity contribution in [3.8, 4) is 0 Å². The number of amidine groups is 1. The van der Waals surface area contributed by atoms with E-state index in [2.05, 4.69) is 15.3 Å². The average molecular weight is 330 g/mol. The highest BCUT2D eigenvalue weighted by atomic mass is 32.1. The summed E-state index contributed by atoms with van der Waals surface area (Å²) in [7, 11) is 0. The predicted molar refractivity (Wildman–Crippen MR) is 88.8 cm³/mol. The Hall–Kier alpha value is -2.54. The fourth-order valence-electron chi connectivity index (χ4n) is 2.22. The number of amides is 1. The van der Waals surface area contributed by atoms with Crippen LogP contribution in [0, 0.1) is 5.82 Å². The molecule has 1 aliphatic rings. The second-order valence-electron chi connectivity index (χ2n) is 5.27. The molecule has 0 aromatic carbocycles. The van der Waals surface area contributed by atoms with Gasteiger partial charge in [-0.1, -0.05) is 6.07 Å². The lowest BCUT2D eigenvalue weighted by molar-refractivity contribution is -0.120. The number of halogens is 1. The summed E-state index contributed by atoms with van der Waals surface area (Å²) in [5.74, 6) is -0.545. The van der Waals surface area contributed by atoms with Crippen LogP contribution in [0.3, 0.4) is 0 Å². The Kier molecular flexibility index (Phi) is 4.20. The Morgan fingerprint density at radius 3 is 2.96 bits per heavy atom. The number of nitrogens with two attached hydrogens (primary N) is 1. The van der Waals surface area contributed by atoms with Crippen LogP contribution in [0.2, 0.25) is 0 Å². The highest BCUT2D eigenvalue weighted by Crippen LogP contribution is 2.50. The van der Waals surface area contributed by atoms with Crippen molar-refractivity contribution in [2.45, 2.75) is 18.3 Å². The fourth-order valence-corrected chi connectivity index (χ4v) is 3.20. The first-order valence-electron chi connectivity index (χ1n) is 7.06. The summed E-state index contributed by atoms with van der Waals surface area (Å²) in [5, 5.41) is 4.77. The zero-order valence-corrected chi connectivity index (χ0v) is 13.0. The monoisotopic (exact) mass is 330 g/mol. The number of carbonyl (C=O) groups is 1. The summed E-state index contributed by atoms with van der Waals surface area (Å²) < 4.78 is 13.0. The summed E-state index contributed by atoms with van der Waals surface area (Å²) in [6.07, 6.45) is 7.16. The number of anilines is 1. The van der Waals surface area contributed by atoms with Gasteiger partial charge in [-0.3, -0.25) is 9.78 Å². The fraction of sp³-hybridized carbons (Fsp3) is 0.188. The van der Waals surface area contributed by atoms with Gasteiger partial charge >= 0.3 is 0 Å². The van der Waals surface area contributed by atoms with Crippen molar-refractivity contribution in [1.29, 1.82) is 0 Å². The van der Waals surface area contributed by atoms with Gasteiger partial charge in [-0.05, 0) is 30.4 Å². The SMILES string of the molecule is NC(/C=C\Nc1cncc(F)c1)=NC(=O)C1(c2cccs2)CC1. The Balaban J connectivity index is 1.64. The van der Waals surface area contributed by atoms with Crippen molar-refractivity contribution in [2.75, 3.05) is 5.32 Å². The number of nitrogens with one attached hydrogen (secondary N) is 1. The molecule has 1 amide bonds. The van der Waals surface area contributed by atoms with E-state index in [9.17, 15) is 9.18 Å². The second-order valence-corrected chi connectivity index (χ2v) is 6.22. The molecule has 0 saturated heterocycles. The number of nitrogens with zero attached hydrogens (tertiary/aromatic N) is 2. The van der Waals surface area contributed by atoms with Crippen LogP contribution >= 0.6 is 11.3 Å². The number of aromatic nitrogens is 1. The molecular weight excluding hydrogens is 315 g/mol. The van der Waals surface area contributed by atoms with Crippen LogP contribution in [0.25, 0.3) is 0 Å². The Morgan fingerprint density at radius 1 is 1.48 bits per heavy atom. The maximum atomic E-state index is 13.0. The quantitative estimate of drug-likeness (QED) is 0.652. The van der Waals surface area contributed by atoms with Crippen molar-refractivity contribution in [2.24, 2.45) is 10.7 Å². The largest absolute Gasteiger partial charge is 0.384 e. The van der Waals surface area contributed by atoms with Gasteiger partial charge in [-0.25, -0.2) is 4.39 Å². The number of hydrogen-bond acceptors (Lipinski definition) is 4. The highest BCUT2D eigenvalue weighted by molar-refractivity contribution is 7.10. The predicted octanol–water partition coefficient (Wildman–Crippen LogP) is 2.82. The van der Waals surface area contributed by atoms with Crippen LogP contribution in [0.4, 0.5) is 10.1 Å². The average Bonchev–Trinajstić information content (AvgIpc) is 3.15. The molecule has 2 heterocycles. The van der Waals surface area contributed by atoms with Gasteiger partial charge in [-0.2, -0.15) is 4.99 Å². The molecule has 23 heavy (non-hydrogen) atoms. The van der Waals surface area contributed by atoms with Crippen LogP contribution in [-0.2, 0) is 10.2 Å². The molecule has 1 fully saturated rings. The summed E-state index contributed by atoms with van der Waals surface area (Å²) in [5.41, 5.74) is 5.77. The summed E-state index contributed by atoms with van der Waals surface area (Å²) in [4.78, 5) is 21.0. The Labute approximate surface area is 136 Å². The lowest BCUT2D eigenvalue weighted by Crippen LogP contribution is -2.21.